The summed E-state index contributed by atoms with van der Waals surface area (Å²) in [5.41, 5.74) is 14.7. The third-order valence-corrected chi connectivity index (χ3v) is 20.7. The van der Waals surface area contributed by atoms with Gasteiger partial charge in [-0.3, -0.25) is 82.6 Å². The van der Waals surface area contributed by atoms with Crippen molar-refractivity contribution >= 4 is 101 Å². The number of nitrogens with zero attached hydrogens (tertiary/aromatic N) is 9. The van der Waals surface area contributed by atoms with Crippen LogP contribution in [0.4, 0.5) is 4.79 Å². The van der Waals surface area contributed by atoms with Gasteiger partial charge in [-0.25, -0.2) is 9.79 Å². The number of carbonyl (C=O) groups excluding carboxylic acids is 8. The van der Waals surface area contributed by atoms with Crippen molar-refractivity contribution in [3.63, 3.8) is 0 Å². The smallest absolute Gasteiger partial charge is 0.340 e. The van der Waals surface area contributed by atoms with Gasteiger partial charge in [-0.05, 0) is 73.6 Å². The summed E-state index contributed by atoms with van der Waals surface area (Å²) in [4.78, 5) is 174. The molecule has 4 heterocycles. The Morgan fingerprint density at radius 2 is 1.16 bits per heavy atom. The lowest BCUT2D eigenvalue weighted by atomic mass is 10.0. The van der Waals surface area contributed by atoms with Crippen LogP contribution in [-0.2, 0) is 77.2 Å². The number of rotatable bonds is 39. The lowest BCUT2D eigenvalue weighted by Crippen LogP contribution is -2.60. The van der Waals surface area contributed by atoms with Gasteiger partial charge in [0.25, 0.3) is 0 Å². The Morgan fingerprint density at radius 1 is 0.612 bits per heavy atom. The fraction of sp³-hybridized carbons (Fsp3) is 0.638. The minimum absolute atomic E-state index is 0.0139. The Bertz CT molecular complexity index is 3170. The van der Waals surface area contributed by atoms with Crippen LogP contribution in [0.3, 0.4) is 0 Å². The molecule has 0 spiro atoms. The SMILES string of the molecule is CCCCNC(=O)N=CC(CSCc1cc(CSCCC(=O)O)cc(CN2CCN(C(=O)CN3CCN(CC(=O)O)CCN(CC(=O)O)CCN(CC(=O)O)CC3)CC2)c1)C(=O)N1CCC[C@H]1C(=O)N1CCC[C@H]1C(=O)N[C@@H](CC)C(=O)N[C@@H](CCC(N)=O)C(O)N[C@@H](Cc1ccccc1)C(N)=O. The lowest BCUT2D eigenvalue weighted by molar-refractivity contribution is -0.147. The zero-order valence-electron chi connectivity index (χ0n) is 59.1. The molecule has 7 atom stereocenters. The molecule has 2 aromatic carbocycles. The highest BCUT2D eigenvalue weighted by Crippen LogP contribution is 2.29. The number of aliphatic hydroxyl groups is 1. The average molecular weight is 1480 g/mol. The summed E-state index contributed by atoms with van der Waals surface area (Å²) in [6.07, 6.45) is 2.56. The van der Waals surface area contributed by atoms with Crippen LogP contribution in [0.25, 0.3) is 0 Å². The van der Waals surface area contributed by atoms with Crippen molar-refractivity contribution in [2.75, 3.05) is 136 Å². The molecule has 4 saturated heterocycles. The van der Waals surface area contributed by atoms with E-state index in [-0.39, 0.29) is 129 Å². The number of nitrogens with one attached hydrogen (secondary N) is 4. The normalized spacial score (nSPS) is 19.3. The van der Waals surface area contributed by atoms with Crippen molar-refractivity contribution < 1.29 is 83.1 Å². The number of aliphatic hydroxyl groups excluding tert-OH is 1. The molecule has 32 nitrogen and oxygen atoms in total. The summed E-state index contributed by atoms with van der Waals surface area (Å²) in [6, 6.07) is 9.11. The van der Waals surface area contributed by atoms with Crippen molar-refractivity contribution in [1.29, 1.82) is 0 Å². The van der Waals surface area contributed by atoms with Gasteiger partial charge >= 0.3 is 29.9 Å². The first-order valence-electron chi connectivity index (χ1n) is 35.4. The van der Waals surface area contributed by atoms with Gasteiger partial charge in [-0.2, -0.15) is 23.5 Å². The van der Waals surface area contributed by atoms with Crippen molar-refractivity contribution in [3.8, 4) is 0 Å². The van der Waals surface area contributed by atoms with Crippen LogP contribution in [0, 0.1) is 5.92 Å². The third-order valence-electron chi connectivity index (χ3n) is 18.5. The second kappa shape index (κ2) is 44.1. The third kappa shape index (κ3) is 29.7. The van der Waals surface area contributed by atoms with Crippen LogP contribution < -0.4 is 32.7 Å². The molecule has 570 valence electrons. The number of carboxylic acids is 4. The number of hydrogen-bond acceptors (Lipinski definition) is 21. The van der Waals surface area contributed by atoms with E-state index in [0.717, 1.165) is 28.7 Å². The molecule has 2 unspecified atom stereocenters. The minimum Gasteiger partial charge on any atom is -0.481 e. The van der Waals surface area contributed by atoms with E-state index in [9.17, 15) is 83.1 Å². The van der Waals surface area contributed by atoms with Crippen LogP contribution in [0.15, 0.2) is 53.5 Å². The molecule has 0 saturated carbocycles. The van der Waals surface area contributed by atoms with Gasteiger partial charge in [-0.15, -0.1) is 0 Å². The highest BCUT2D eigenvalue weighted by molar-refractivity contribution is 7.98. The number of aliphatic imine (C=N–C) groups is 1. The first-order chi connectivity index (χ1) is 49.3. The second-order valence-electron chi connectivity index (χ2n) is 26.5. The molecule has 6 rings (SSSR count). The van der Waals surface area contributed by atoms with E-state index in [1.165, 1.54) is 39.5 Å². The molecular formula is C69H105N15O17S2. The monoisotopic (exact) mass is 1480 g/mol. The Morgan fingerprint density at radius 3 is 1.70 bits per heavy atom. The summed E-state index contributed by atoms with van der Waals surface area (Å²) in [5.74, 6) is -7.38. The van der Waals surface area contributed by atoms with Crippen LogP contribution in [0.5, 0.6) is 0 Å². The number of carbonyl (C=O) groups is 12. The van der Waals surface area contributed by atoms with Gasteiger partial charge in [0, 0.05) is 140 Å². The molecule has 9 amide bonds. The molecule has 0 aliphatic carbocycles. The van der Waals surface area contributed by atoms with Crippen LogP contribution in [0.1, 0.15) is 100 Å². The molecule has 0 aromatic heterocycles. The number of amides is 9. The van der Waals surface area contributed by atoms with Crippen LogP contribution in [-0.4, -0.2) is 314 Å². The van der Waals surface area contributed by atoms with E-state index in [1.54, 1.807) is 56.9 Å². The maximum absolute atomic E-state index is 14.9. The maximum atomic E-state index is 14.9. The molecule has 13 N–H and O–H groups in total. The molecule has 103 heavy (non-hydrogen) atoms. The first-order valence-corrected chi connectivity index (χ1v) is 37.7. The Kier molecular flexibility index (Phi) is 36.0. The highest BCUT2D eigenvalue weighted by Gasteiger charge is 2.44. The largest absolute Gasteiger partial charge is 0.481 e. The van der Waals surface area contributed by atoms with Gasteiger partial charge in [0.1, 0.15) is 24.4 Å². The van der Waals surface area contributed by atoms with Crippen molar-refractivity contribution in [2.45, 2.75) is 139 Å². The minimum atomic E-state index is -1.58. The molecule has 0 radical (unpaired) electrons. The summed E-state index contributed by atoms with van der Waals surface area (Å²) < 4.78 is 0. The van der Waals surface area contributed by atoms with Gasteiger partial charge in [0.15, 0.2) is 0 Å². The number of primary amides is 2. The fourth-order valence-corrected chi connectivity index (χ4v) is 14.8. The van der Waals surface area contributed by atoms with E-state index >= 15 is 0 Å². The highest BCUT2D eigenvalue weighted by atomic mass is 32.2. The van der Waals surface area contributed by atoms with Crippen molar-refractivity contribution in [1.82, 2.24) is 60.5 Å². The summed E-state index contributed by atoms with van der Waals surface area (Å²) in [7, 11) is 0. The Labute approximate surface area is 609 Å². The number of piperazine rings is 1. The van der Waals surface area contributed by atoms with Crippen LogP contribution >= 0.6 is 23.5 Å². The van der Waals surface area contributed by atoms with E-state index in [4.69, 9.17) is 11.5 Å². The van der Waals surface area contributed by atoms with Gasteiger partial charge in [0.05, 0.1) is 50.6 Å². The summed E-state index contributed by atoms with van der Waals surface area (Å²) in [5, 5.41) is 60.7. The predicted molar refractivity (Wildman–Crippen MR) is 386 cm³/mol. The molecule has 4 aliphatic rings. The topological polar surface area (TPSA) is 444 Å². The number of carboxylic acid groups (broad SMARTS) is 4. The molecular weight excluding hydrogens is 1370 g/mol. The summed E-state index contributed by atoms with van der Waals surface area (Å²) >= 11 is 2.91. The van der Waals surface area contributed by atoms with E-state index in [2.05, 4.69) is 43.3 Å². The van der Waals surface area contributed by atoms with E-state index in [1.807, 2.05) is 17.9 Å². The number of urea groups is 1. The summed E-state index contributed by atoms with van der Waals surface area (Å²) in [6.45, 7) is 8.15. The molecule has 2 aromatic rings. The zero-order valence-corrected chi connectivity index (χ0v) is 60.8. The zero-order chi connectivity index (χ0) is 75.0. The van der Waals surface area contributed by atoms with Gasteiger partial charge in [0.2, 0.25) is 41.4 Å². The number of benzene rings is 2. The lowest BCUT2D eigenvalue weighted by Gasteiger charge is -2.37. The van der Waals surface area contributed by atoms with Crippen molar-refractivity contribution in [2.24, 2.45) is 22.4 Å². The standard InChI is InChI=1S/C69H105N15O17S2/c1-3-5-18-72-69(101)73-38-51(67(99)84-20-10-14-56(84)68(100)83-19-9-13-55(83)66(98)74-52(4-2)64(96)75-53(15-16-57(70)85)65(97)76-54(63(71)95)37-47-11-7-6-8-12-47)46-103-45-50-35-48(34-49(36-50)44-102-33-17-59(87)88)39-77-29-31-82(32-30-77)58(86)40-78-21-23-79(41-60(89)90)25-27-81(43-62(93)94)28-26-80(24-22-78)42-61(91)92/h6-8,11-12,34-36,38,51-56,65,76,97H,3-5,9-10,13-33,37,39-46H2,1-2H3,(H2,70,85)(H2,71,95)(H,72,101)(H,74,98)(H,75,96)(H,87,88)(H,89,90)(H,91,92)(H,93,94)/t51?,52-,53-,54-,55-,56-,65?/m0/s1. The molecule has 4 aliphatic heterocycles. The second-order valence-corrected chi connectivity index (χ2v) is 28.6. The van der Waals surface area contributed by atoms with Gasteiger partial charge < -0.3 is 67.7 Å². The van der Waals surface area contributed by atoms with Crippen molar-refractivity contribution in [3.05, 3.63) is 70.8 Å². The van der Waals surface area contributed by atoms with Crippen LogP contribution in [0.2, 0.25) is 0 Å². The quantitative estimate of drug-likeness (QED) is 0.0230. The van der Waals surface area contributed by atoms with E-state index < -0.39 is 108 Å². The maximum Gasteiger partial charge on any atom is 0.340 e. The molecule has 0 bridgehead atoms. The molecule has 4 fully saturated rings. The predicted octanol–water partition coefficient (Wildman–Crippen LogP) is -0.424. The Hall–Kier alpha value is -7.83. The number of hydrogen-bond donors (Lipinski definition) is 11. The number of thioether (sulfide) groups is 2. The fourth-order valence-electron chi connectivity index (χ4n) is 12.9. The molecule has 34 heteroatoms. The number of unbranched alkanes of at least 4 members (excludes halogenated alkanes) is 1. The van der Waals surface area contributed by atoms with E-state index in [0.29, 0.717) is 95.3 Å². The number of likely N-dealkylation sites (tertiary alicyclic amines) is 2. The first kappa shape index (κ1) is 84.1. The number of nitrogens with two attached hydrogens (primary N) is 2. The average Bonchev–Trinajstić information content (AvgIpc) is 1.68. The number of aliphatic carboxylic acids is 4. The van der Waals surface area contributed by atoms with Gasteiger partial charge in [-0.1, -0.05) is 68.8 Å². The Balaban J connectivity index is 1.11.